The first-order valence-electron chi connectivity index (χ1n) is 6.60. The Morgan fingerprint density at radius 2 is 1.88 bits per heavy atom. The van der Waals surface area contributed by atoms with Gasteiger partial charge in [0.1, 0.15) is 0 Å². The molecule has 2 rings (SSSR count). The van der Waals surface area contributed by atoms with Crippen molar-refractivity contribution in [2.75, 3.05) is 39.3 Å². The van der Waals surface area contributed by atoms with Crippen molar-refractivity contribution >= 4 is 0 Å². The summed E-state index contributed by atoms with van der Waals surface area (Å²) in [6.45, 7) is 9.48. The number of likely N-dealkylation sites (tertiary alicyclic amines) is 1. The molecule has 0 aromatic heterocycles. The molecule has 2 aliphatic rings. The summed E-state index contributed by atoms with van der Waals surface area (Å²) in [4.78, 5) is 5.12. The van der Waals surface area contributed by atoms with E-state index in [1.165, 1.54) is 52.0 Å². The maximum absolute atomic E-state index is 5.91. The van der Waals surface area contributed by atoms with E-state index in [0.717, 1.165) is 6.54 Å². The molecule has 0 spiro atoms. The van der Waals surface area contributed by atoms with E-state index in [-0.39, 0.29) is 0 Å². The summed E-state index contributed by atoms with van der Waals surface area (Å²) < 4.78 is 0. The molecule has 3 heteroatoms. The van der Waals surface area contributed by atoms with E-state index in [1.807, 2.05) is 0 Å². The van der Waals surface area contributed by atoms with Gasteiger partial charge in [0.15, 0.2) is 0 Å². The van der Waals surface area contributed by atoms with Gasteiger partial charge in [0.25, 0.3) is 0 Å². The first-order chi connectivity index (χ1) is 7.74. The summed E-state index contributed by atoms with van der Waals surface area (Å²) in [6, 6.07) is 0.455. The van der Waals surface area contributed by atoms with Crippen molar-refractivity contribution in [1.29, 1.82) is 0 Å². The van der Waals surface area contributed by atoms with E-state index in [2.05, 4.69) is 22.8 Å². The van der Waals surface area contributed by atoms with Gasteiger partial charge in [0.05, 0.1) is 0 Å². The van der Waals surface area contributed by atoms with Crippen LogP contribution in [0.1, 0.15) is 26.2 Å². The predicted octanol–water partition coefficient (Wildman–Crippen LogP) is 1.06. The number of piperidine rings is 1. The Labute approximate surface area is 99.3 Å². The quantitative estimate of drug-likeness (QED) is 0.726. The molecule has 0 aromatic rings. The summed E-state index contributed by atoms with van der Waals surface area (Å²) in [5.41, 5.74) is 7.46. The van der Waals surface area contributed by atoms with Crippen molar-refractivity contribution in [2.24, 2.45) is 5.73 Å². The Hall–Kier alpha value is -0.380. The lowest BCUT2D eigenvalue weighted by Crippen LogP contribution is -2.43. The zero-order chi connectivity index (χ0) is 11.4. The standard InChI is InChI=1S/C13H25N3/c1-12-2-6-15(7-3-12)10-11-16-8-4-13(14)5-9-16/h2,13H,3-11,14H2,1H3. The molecule has 1 fully saturated rings. The van der Waals surface area contributed by atoms with Crippen LogP contribution >= 0.6 is 0 Å². The van der Waals surface area contributed by atoms with Crippen molar-refractivity contribution in [3.05, 3.63) is 11.6 Å². The predicted molar refractivity (Wildman–Crippen MR) is 68.5 cm³/mol. The van der Waals surface area contributed by atoms with Gasteiger partial charge in [-0.25, -0.2) is 0 Å². The van der Waals surface area contributed by atoms with Crippen molar-refractivity contribution < 1.29 is 0 Å². The highest BCUT2D eigenvalue weighted by molar-refractivity contribution is 5.03. The van der Waals surface area contributed by atoms with Gasteiger partial charge in [0, 0.05) is 32.2 Å². The first-order valence-corrected chi connectivity index (χ1v) is 6.60. The molecule has 2 heterocycles. The second-order valence-electron chi connectivity index (χ2n) is 5.28. The normalized spacial score (nSPS) is 25.8. The SMILES string of the molecule is CC1=CCN(CCN2CCC(N)CC2)CC1. The molecule has 92 valence electrons. The number of nitrogens with two attached hydrogens (primary N) is 1. The minimum absolute atomic E-state index is 0.455. The first kappa shape index (κ1) is 12.1. The van der Waals surface area contributed by atoms with Crippen molar-refractivity contribution in [1.82, 2.24) is 9.80 Å². The van der Waals surface area contributed by atoms with E-state index < -0.39 is 0 Å². The molecule has 0 saturated carbocycles. The minimum Gasteiger partial charge on any atom is -0.328 e. The lowest BCUT2D eigenvalue weighted by Gasteiger charge is -2.33. The molecular formula is C13H25N3. The van der Waals surface area contributed by atoms with Crippen molar-refractivity contribution in [3.63, 3.8) is 0 Å². The summed E-state index contributed by atoms with van der Waals surface area (Å²) in [6.07, 6.45) is 5.98. The van der Waals surface area contributed by atoms with E-state index in [1.54, 1.807) is 5.57 Å². The van der Waals surface area contributed by atoms with Gasteiger partial charge in [-0.1, -0.05) is 11.6 Å². The zero-order valence-corrected chi connectivity index (χ0v) is 10.5. The highest BCUT2D eigenvalue weighted by atomic mass is 15.2. The van der Waals surface area contributed by atoms with Crippen LogP contribution in [0.4, 0.5) is 0 Å². The maximum Gasteiger partial charge on any atom is 0.0166 e. The molecular weight excluding hydrogens is 198 g/mol. The third-order valence-electron chi connectivity index (χ3n) is 3.89. The van der Waals surface area contributed by atoms with E-state index in [0.29, 0.717) is 6.04 Å². The maximum atomic E-state index is 5.91. The Balaban J connectivity index is 1.64. The fraction of sp³-hybridized carbons (Fsp3) is 0.846. The van der Waals surface area contributed by atoms with Crippen molar-refractivity contribution in [3.8, 4) is 0 Å². The van der Waals surface area contributed by atoms with Gasteiger partial charge in [-0.05, 0) is 39.3 Å². The van der Waals surface area contributed by atoms with Crippen LogP contribution < -0.4 is 5.73 Å². The molecule has 0 radical (unpaired) electrons. The molecule has 0 unspecified atom stereocenters. The second-order valence-corrected chi connectivity index (χ2v) is 5.28. The summed E-state index contributed by atoms with van der Waals surface area (Å²) in [5.74, 6) is 0. The molecule has 2 N–H and O–H groups in total. The van der Waals surface area contributed by atoms with Crippen LogP contribution in [-0.2, 0) is 0 Å². The zero-order valence-electron chi connectivity index (χ0n) is 10.5. The molecule has 0 atom stereocenters. The van der Waals surface area contributed by atoms with Gasteiger partial charge in [-0.3, -0.25) is 4.90 Å². The second kappa shape index (κ2) is 5.80. The van der Waals surface area contributed by atoms with Gasteiger partial charge in [-0.15, -0.1) is 0 Å². The largest absolute Gasteiger partial charge is 0.328 e. The van der Waals surface area contributed by atoms with Crippen LogP contribution in [-0.4, -0.2) is 55.1 Å². The average Bonchev–Trinajstić information content (AvgIpc) is 2.30. The van der Waals surface area contributed by atoms with Gasteiger partial charge < -0.3 is 10.6 Å². The molecule has 0 aliphatic carbocycles. The Kier molecular flexibility index (Phi) is 4.38. The van der Waals surface area contributed by atoms with Crippen LogP contribution in [0.15, 0.2) is 11.6 Å². The van der Waals surface area contributed by atoms with Crippen LogP contribution in [0.2, 0.25) is 0 Å². The Morgan fingerprint density at radius 3 is 2.50 bits per heavy atom. The van der Waals surface area contributed by atoms with E-state index >= 15 is 0 Å². The van der Waals surface area contributed by atoms with Gasteiger partial charge >= 0.3 is 0 Å². The average molecular weight is 223 g/mol. The Morgan fingerprint density at radius 1 is 1.19 bits per heavy atom. The van der Waals surface area contributed by atoms with Gasteiger partial charge in [-0.2, -0.15) is 0 Å². The third-order valence-corrected chi connectivity index (χ3v) is 3.89. The fourth-order valence-electron chi connectivity index (χ4n) is 2.48. The van der Waals surface area contributed by atoms with Crippen LogP contribution in [0.3, 0.4) is 0 Å². The minimum atomic E-state index is 0.455. The number of nitrogens with zero attached hydrogens (tertiary/aromatic N) is 2. The lowest BCUT2D eigenvalue weighted by atomic mass is 10.1. The molecule has 0 bridgehead atoms. The topological polar surface area (TPSA) is 32.5 Å². The lowest BCUT2D eigenvalue weighted by molar-refractivity contribution is 0.178. The number of hydrogen-bond acceptors (Lipinski definition) is 3. The number of rotatable bonds is 3. The molecule has 0 aromatic carbocycles. The van der Waals surface area contributed by atoms with Gasteiger partial charge in [0.2, 0.25) is 0 Å². The fourth-order valence-corrected chi connectivity index (χ4v) is 2.48. The van der Waals surface area contributed by atoms with E-state index in [9.17, 15) is 0 Å². The molecule has 2 aliphatic heterocycles. The van der Waals surface area contributed by atoms with Crippen LogP contribution in [0.25, 0.3) is 0 Å². The van der Waals surface area contributed by atoms with Crippen LogP contribution in [0.5, 0.6) is 0 Å². The summed E-state index contributed by atoms with van der Waals surface area (Å²) >= 11 is 0. The molecule has 16 heavy (non-hydrogen) atoms. The van der Waals surface area contributed by atoms with E-state index in [4.69, 9.17) is 5.73 Å². The van der Waals surface area contributed by atoms with Crippen molar-refractivity contribution in [2.45, 2.75) is 32.2 Å². The smallest absolute Gasteiger partial charge is 0.0166 e. The highest BCUT2D eigenvalue weighted by Gasteiger charge is 2.17. The monoisotopic (exact) mass is 223 g/mol. The molecule has 0 amide bonds. The highest BCUT2D eigenvalue weighted by Crippen LogP contribution is 2.11. The Bertz CT molecular complexity index is 242. The summed E-state index contributed by atoms with van der Waals surface area (Å²) in [7, 11) is 0. The number of hydrogen-bond donors (Lipinski definition) is 1. The summed E-state index contributed by atoms with van der Waals surface area (Å²) in [5, 5.41) is 0. The van der Waals surface area contributed by atoms with Crippen LogP contribution in [0, 0.1) is 0 Å². The third kappa shape index (κ3) is 3.58. The molecule has 1 saturated heterocycles. The molecule has 3 nitrogen and oxygen atoms in total.